The highest BCUT2D eigenvalue weighted by Crippen LogP contribution is 2.45. The number of nitrogens with zero attached hydrogens (tertiary/aromatic N) is 4. The molecule has 0 amide bonds. The largest absolute Gasteiger partial charge is 0.856 e. The molecule has 0 aliphatic carbocycles. The first-order valence-electron chi connectivity index (χ1n) is 7.70. The van der Waals surface area contributed by atoms with Gasteiger partial charge in [-0.2, -0.15) is 0 Å². The molecule has 0 bridgehead atoms. The first-order chi connectivity index (χ1) is 12.2. The van der Waals surface area contributed by atoms with Crippen molar-refractivity contribution in [1.29, 1.82) is 0 Å². The Morgan fingerprint density at radius 3 is 2.27 bits per heavy atom. The Labute approximate surface area is 147 Å². The van der Waals surface area contributed by atoms with Crippen LogP contribution in [0.15, 0.2) is 23.7 Å². The lowest BCUT2D eigenvalue weighted by molar-refractivity contribution is -0.449. The molecule has 140 valence electrons. The second-order valence-electron chi connectivity index (χ2n) is 5.66. The number of nitro groups is 3. The number of benzene rings is 1. The van der Waals surface area contributed by atoms with E-state index in [1.807, 2.05) is 6.92 Å². The van der Waals surface area contributed by atoms with Crippen molar-refractivity contribution >= 4 is 17.1 Å². The molecule has 0 saturated carbocycles. The predicted octanol–water partition coefficient (Wildman–Crippen LogP) is 1.19. The third-order valence-corrected chi connectivity index (χ3v) is 4.03. The lowest BCUT2D eigenvalue weighted by atomic mass is 9.95. The summed E-state index contributed by atoms with van der Waals surface area (Å²) in [6.45, 7) is 2.19. The highest BCUT2D eigenvalue weighted by Gasteiger charge is 2.40. The number of fused-ring (bicyclic) bond motifs is 1. The van der Waals surface area contributed by atoms with Gasteiger partial charge in [-0.3, -0.25) is 30.3 Å². The maximum atomic E-state index is 12.4. The van der Waals surface area contributed by atoms with Gasteiger partial charge in [0.25, 0.3) is 17.1 Å². The van der Waals surface area contributed by atoms with E-state index in [9.17, 15) is 35.4 Å². The molecular formula is C14H16N5O7-. The zero-order valence-corrected chi connectivity index (χ0v) is 14.0. The molecule has 0 fully saturated rings. The molecule has 1 aliphatic heterocycles. The molecule has 12 nitrogen and oxygen atoms in total. The highest BCUT2D eigenvalue weighted by atomic mass is 16.6. The van der Waals surface area contributed by atoms with Crippen LogP contribution < -0.4 is 15.3 Å². The van der Waals surface area contributed by atoms with Crippen LogP contribution in [0.2, 0.25) is 0 Å². The van der Waals surface area contributed by atoms with Gasteiger partial charge in [0, 0.05) is 24.6 Å². The van der Waals surface area contributed by atoms with Gasteiger partial charge in [-0.25, -0.2) is 0 Å². The van der Waals surface area contributed by atoms with E-state index in [2.05, 4.69) is 5.32 Å². The maximum Gasteiger partial charge on any atom is 0.300 e. The number of hydrogen-bond donors (Lipinski definition) is 1. The second kappa shape index (κ2) is 7.31. The van der Waals surface area contributed by atoms with Crippen LogP contribution >= 0.6 is 0 Å². The normalized spacial score (nSPS) is 16.4. The number of rotatable bonds is 7. The van der Waals surface area contributed by atoms with E-state index in [1.165, 1.54) is 0 Å². The van der Waals surface area contributed by atoms with Crippen LogP contribution in [0.4, 0.5) is 17.1 Å². The van der Waals surface area contributed by atoms with Crippen molar-refractivity contribution in [2.75, 3.05) is 18.5 Å². The summed E-state index contributed by atoms with van der Waals surface area (Å²) >= 11 is 0. The van der Waals surface area contributed by atoms with Gasteiger partial charge in [-0.05, 0) is 13.0 Å². The summed E-state index contributed by atoms with van der Waals surface area (Å²) in [5, 5.41) is 49.2. The van der Waals surface area contributed by atoms with E-state index in [4.69, 9.17) is 0 Å². The van der Waals surface area contributed by atoms with Crippen LogP contribution in [-0.4, -0.2) is 28.4 Å². The number of hydrogen-bond acceptors (Lipinski definition) is 9. The van der Waals surface area contributed by atoms with Crippen LogP contribution in [-0.2, 0) is 0 Å². The topological polar surface area (TPSA) is 168 Å². The molecule has 1 heterocycles. The van der Waals surface area contributed by atoms with E-state index in [1.54, 1.807) is 0 Å². The van der Waals surface area contributed by atoms with Gasteiger partial charge < -0.3 is 15.3 Å². The number of nitrogens with one attached hydrogen (secondary N) is 1. The summed E-state index contributed by atoms with van der Waals surface area (Å²) in [4.78, 5) is 32.2. The Balaban J connectivity index is 2.75. The molecule has 1 N–H and O–H groups in total. The van der Waals surface area contributed by atoms with Gasteiger partial charge >= 0.3 is 0 Å². The monoisotopic (exact) mass is 366 g/mol. The molecule has 0 saturated heterocycles. The van der Waals surface area contributed by atoms with E-state index in [0.29, 0.717) is 13.0 Å². The van der Waals surface area contributed by atoms with E-state index in [0.717, 1.165) is 30.5 Å². The van der Waals surface area contributed by atoms with E-state index < -0.39 is 43.8 Å². The average molecular weight is 366 g/mol. The fourth-order valence-electron chi connectivity index (χ4n) is 2.81. The number of non-ortho nitro benzene ring substituents is 1. The number of anilines is 1. The third kappa shape index (κ3) is 3.26. The van der Waals surface area contributed by atoms with Crippen molar-refractivity contribution < 1.29 is 19.9 Å². The zero-order valence-electron chi connectivity index (χ0n) is 14.0. The number of unbranched alkanes of at least 4 members (excludes halogenated alkanes) is 1. The molecule has 2 rings (SSSR count). The molecule has 12 heteroatoms. The average Bonchev–Trinajstić information content (AvgIpc) is 2.57. The molecular weight excluding hydrogens is 350 g/mol. The first-order valence-corrected chi connectivity index (χ1v) is 7.70. The fourth-order valence-corrected chi connectivity index (χ4v) is 2.81. The summed E-state index contributed by atoms with van der Waals surface area (Å²) in [7, 11) is 1.16. The minimum absolute atomic E-state index is 0.0456. The molecule has 1 aromatic rings. The van der Waals surface area contributed by atoms with E-state index >= 15 is 0 Å². The molecule has 1 aliphatic rings. The van der Waals surface area contributed by atoms with Gasteiger partial charge in [-0.15, -0.1) is 0 Å². The molecule has 0 spiro atoms. The Kier molecular flexibility index (Phi) is 5.35. The minimum Gasteiger partial charge on any atom is -0.856 e. The zero-order chi connectivity index (χ0) is 19.6. The fraction of sp³-hybridized carbons (Fsp3) is 0.429. The van der Waals surface area contributed by atoms with Crippen LogP contribution in [0.25, 0.3) is 0 Å². The summed E-state index contributed by atoms with van der Waals surface area (Å²) in [5.74, 6) is -1.01. The SMILES string of the molecule is CCCCNC1C([N+](=O)[O-])=C([O-])N(C)c2c1cc([N+](=O)[O-])cc2[N+](=O)[O-]. The summed E-state index contributed by atoms with van der Waals surface area (Å²) in [6.07, 6.45) is 1.40. The summed E-state index contributed by atoms with van der Waals surface area (Å²) in [6, 6.07) is 0.482. The smallest absolute Gasteiger partial charge is 0.300 e. The quantitative estimate of drug-likeness (QED) is 0.423. The second-order valence-corrected chi connectivity index (χ2v) is 5.66. The molecule has 1 aromatic carbocycles. The third-order valence-electron chi connectivity index (χ3n) is 4.03. The first kappa shape index (κ1) is 19.1. The molecule has 26 heavy (non-hydrogen) atoms. The molecule has 0 aromatic heterocycles. The predicted molar refractivity (Wildman–Crippen MR) is 87.8 cm³/mol. The van der Waals surface area contributed by atoms with Gasteiger partial charge in [0.05, 0.1) is 20.8 Å². The van der Waals surface area contributed by atoms with Gasteiger partial charge in [0.15, 0.2) is 0 Å². The number of nitro benzene ring substituents is 2. The van der Waals surface area contributed by atoms with Crippen LogP contribution in [0.3, 0.4) is 0 Å². The lowest BCUT2D eigenvalue weighted by Gasteiger charge is -2.35. The molecule has 1 atom stereocenters. The van der Waals surface area contributed by atoms with Crippen molar-refractivity contribution in [2.24, 2.45) is 0 Å². The van der Waals surface area contributed by atoms with Gasteiger partial charge in [-0.1, -0.05) is 13.3 Å². The van der Waals surface area contributed by atoms with Gasteiger partial charge in [0.2, 0.25) is 0 Å². The van der Waals surface area contributed by atoms with Crippen molar-refractivity contribution in [1.82, 2.24) is 5.32 Å². The van der Waals surface area contributed by atoms with Crippen molar-refractivity contribution in [3.8, 4) is 0 Å². The van der Waals surface area contributed by atoms with Crippen molar-refractivity contribution in [2.45, 2.75) is 25.8 Å². The van der Waals surface area contributed by atoms with Crippen LogP contribution in [0.5, 0.6) is 0 Å². The van der Waals surface area contributed by atoms with Gasteiger partial charge in [0.1, 0.15) is 11.7 Å². The summed E-state index contributed by atoms with van der Waals surface area (Å²) < 4.78 is 0. The molecule has 1 unspecified atom stereocenters. The van der Waals surface area contributed by atoms with Crippen molar-refractivity contribution in [3.63, 3.8) is 0 Å². The van der Waals surface area contributed by atoms with Crippen molar-refractivity contribution in [3.05, 3.63) is 59.6 Å². The van der Waals surface area contributed by atoms with Crippen LogP contribution in [0.1, 0.15) is 31.4 Å². The summed E-state index contributed by atoms with van der Waals surface area (Å²) in [5.41, 5.74) is -2.20. The Hall–Kier alpha value is -3.28. The highest BCUT2D eigenvalue weighted by molar-refractivity contribution is 5.76. The standard InChI is InChI=1S/C14H17N5O7/c1-3-4-5-15-11-9-6-8(17(21)22)7-10(18(23)24)12(9)16(2)14(20)13(11)19(25)26/h6-7,11,15,20H,3-5H2,1-2H3/p-1. The Morgan fingerprint density at radius 2 is 1.77 bits per heavy atom. The van der Waals surface area contributed by atoms with E-state index in [-0.39, 0.29) is 11.3 Å². The lowest BCUT2D eigenvalue weighted by Crippen LogP contribution is -2.40. The maximum absolute atomic E-state index is 12.4. The van der Waals surface area contributed by atoms with Crippen LogP contribution in [0, 0.1) is 30.3 Å². The minimum atomic E-state index is -1.28. The molecule has 0 radical (unpaired) electrons. The Morgan fingerprint density at radius 1 is 1.12 bits per heavy atom. The Bertz CT molecular complexity index is 807.